The molecule has 0 saturated carbocycles. The molecule has 2 amide bonds. The summed E-state index contributed by atoms with van der Waals surface area (Å²) in [6, 6.07) is 9.55. The van der Waals surface area contributed by atoms with Gasteiger partial charge in [0, 0.05) is 19.0 Å². The van der Waals surface area contributed by atoms with E-state index in [0.29, 0.717) is 29.1 Å². The van der Waals surface area contributed by atoms with Gasteiger partial charge in [0.15, 0.2) is 11.6 Å². The zero-order valence-corrected chi connectivity index (χ0v) is 14.9. The van der Waals surface area contributed by atoms with Crippen molar-refractivity contribution in [3.63, 3.8) is 0 Å². The average Bonchev–Trinajstić information content (AvgIpc) is 2.60. The van der Waals surface area contributed by atoms with Crippen molar-refractivity contribution in [1.29, 1.82) is 0 Å². The van der Waals surface area contributed by atoms with Crippen LogP contribution in [0.4, 0.5) is 15.8 Å². The van der Waals surface area contributed by atoms with Crippen LogP contribution >= 0.6 is 0 Å². The summed E-state index contributed by atoms with van der Waals surface area (Å²) in [5.74, 6) is -0.261. The van der Waals surface area contributed by atoms with Crippen LogP contribution < -0.4 is 20.1 Å². The molecule has 0 aliphatic rings. The van der Waals surface area contributed by atoms with Crippen molar-refractivity contribution in [1.82, 2.24) is 0 Å². The summed E-state index contributed by atoms with van der Waals surface area (Å²) < 4.78 is 23.7. The minimum absolute atomic E-state index is 0.168. The number of methoxy groups -OCH3 is 2. The predicted octanol–water partition coefficient (Wildman–Crippen LogP) is 3.37. The van der Waals surface area contributed by atoms with Crippen molar-refractivity contribution >= 4 is 23.2 Å². The molecular weight excluding hydrogens is 339 g/mol. The van der Waals surface area contributed by atoms with Crippen LogP contribution in [0.25, 0.3) is 0 Å². The van der Waals surface area contributed by atoms with Crippen LogP contribution in [0.2, 0.25) is 0 Å². The molecule has 0 radical (unpaired) electrons. The third-order valence-corrected chi connectivity index (χ3v) is 3.65. The van der Waals surface area contributed by atoms with Gasteiger partial charge in [-0.25, -0.2) is 4.39 Å². The van der Waals surface area contributed by atoms with Gasteiger partial charge in [-0.3, -0.25) is 9.59 Å². The SMILES string of the molecule is COc1ccc(CCC(=O)Nc2ccc(OC)c(NC(C)=O)c2)cc1F. The van der Waals surface area contributed by atoms with Crippen molar-refractivity contribution in [2.45, 2.75) is 19.8 Å². The number of carbonyl (C=O) groups is 2. The van der Waals surface area contributed by atoms with E-state index < -0.39 is 5.82 Å². The maximum Gasteiger partial charge on any atom is 0.224 e. The molecular formula is C19H21FN2O4. The van der Waals surface area contributed by atoms with E-state index in [1.165, 1.54) is 33.3 Å². The van der Waals surface area contributed by atoms with Crippen LogP contribution in [0.15, 0.2) is 36.4 Å². The smallest absolute Gasteiger partial charge is 0.224 e. The van der Waals surface area contributed by atoms with Gasteiger partial charge in [0.25, 0.3) is 0 Å². The third-order valence-electron chi connectivity index (χ3n) is 3.65. The first-order chi connectivity index (χ1) is 12.4. The Morgan fingerprint density at radius 2 is 1.69 bits per heavy atom. The molecule has 2 aromatic rings. The summed E-state index contributed by atoms with van der Waals surface area (Å²) in [7, 11) is 2.89. The van der Waals surface area contributed by atoms with Crippen molar-refractivity contribution in [3.8, 4) is 11.5 Å². The van der Waals surface area contributed by atoms with Crippen LogP contribution in [0.3, 0.4) is 0 Å². The number of carbonyl (C=O) groups excluding carboxylic acids is 2. The molecule has 2 rings (SSSR count). The highest BCUT2D eigenvalue weighted by Gasteiger charge is 2.10. The molecule has 0 unspecified atom stereocenters. The Balaban J connectivity index is 1.99. The van der Waals surface area contributed by atoms with Crippen molar-refractivity contribution in [2.24, 2.45) is 0 Å². The molecule has 0 spiro atoms. The van der Waals surface area contributed by atoms with Gasteiger partial charge >= 0.3 is 0 Å². The second-order valence-electron chi connectivity index (χ2n) is 5.61. The summed E-state index contributed by atoms with van der Waals surface area (Å²) >= 11 is 0. The van der Waals surface area contributed by atoms with Crippen molar-refractivity contribution in [3.05, 3.63) is 47.8 Å². The average molecular weight is 360 g/mol. The zero-order chi connectivity index (χ0) is 19.1. The molecule has 7 heteroatoms. The molecule has 0 aliphatic heterocycles. The number of hydrogen-bond donors (Lipinski definition) is 2. The molecule has 2 N–H and O–H groups in total. The number of halogens is 1. The summed E-state index contributed by atoms with van der Waals surface area (Å²) in [5, 5.41) is 5.39. The number of ether oxygens (including phenoxy) is 2. The number of hydrogen-bond acceptors (Lipinski definition) is 4. The standard InChI is InChI=1S/C19H21FN2O4/c1-12(23)21-16-11-14(6-8-18(16)26-3)22-19(24)9-5-13-4-7-17(25-2)15(20)10-13/h4,6-8,10-11H,5,9H2,1-3H3,(H,21,23)(H,22,24). The fourth-order valence-electron chi connectivity index (χ4n) is 2.42. The lowest BCUT2D eigenvalue weighted by Gasteiger charge is -2.12. The highest BCUT2D eigenvalue weighted by atomic mass is 19.1. The highest BCUT2D eigenvalue weighted by Crippen LogP contribution is 2.28. The molecule has 6 nitrogen and oxygen atoms in total. The number of nitrogens with one attached hydrogen (secondary N) is 2. The molecule has 138 valence electrons. The lowest BCUT2D eigenvalue weighted by Crippen LogP contribution is -2.13. The molecule has 0 saturated heterocycles. The van der Waals surface area contributed by atoms with E-state index >= 15 is 0 Å². The minimum atomic E-state index is -0.458. The topological polar surface area (TPSA) is 76.7 Å². The monoisotopic (exact) mass is 360 g/mol. The third kappa shape index (κ3) is 5.20. The van der Waals surface area contributed by atoms with Crippen LogP contribution in [0.1, 0.15) is 18.9 Å². The number of benzene rings is 2. The van der Waals surface area contributed by atoms with Crippen molar-refractivity contribution < 1.29 is 23.5 Å². The molecule has 0 aromatic heterocycles. The molecule has 0 bridgehead atoms. The van der Waals surface area contributed by atoms with Gasteiger partial charge in [-0.2, -0.15) is 0 Å². The summed E-state index contributed by atoms with van der Waals surface area (Å²) in [4.78, 5) is 23.4. The minimum Gasteiger partial charge on any atom is -0.495 e. The highest BCUT2D eigenvalue weighted by molar-refractivity contribution is 5.94. The quantitative estimate of drug-likeness (QED) is 0.794. The normalized spacial score (nSPS) is 10.2. The molecule has 0 aliphatic carbocycles. The van der Waals surface area contributed by atoms with Crippen LogP contribution in [0.5, 0.6) is 11.5 Å². The fourth-order valence-corrected chi connectivity index (χ4v) is 2.42. The zero-order valence-electron chi connectivity index (χ0n) is 14.9. The number of anilines is 2. The predicted molar refractivity (Wildman–Crippen MR) is 97.2 cm³/mol. The van der Waals surface area contributed by atoms with E-state index in [-0.39, 0.29) is 24.0 Å². The van der Waals surface area contributed by atoms with Gasteiger partial charge in [0.2, 0.25) is 11.8 Å². The molecule has 0 fully saturated rings. The van der Waals surface area contributed by atoms with E-state index in [1.807, 2.05) is 0 Å². The van der Waals surface area contributed by atoms with Crippen molar-refractivity contribution in [2.75, 3.05) is 24.9 Å². The Morgan fingerprint density at radius 1 is 1.00 bits per heavy atom. The lowest BCUT2D eigenvalue weighted by atomic mass is 10.1. The Hall–Kier alpha value is -3.09. The molecule has 0 atom stereocenters. The maximum absolute atomic E-state index is 13.7. The van der Waals surface area contributed by atoms with Gasteiger partial charge in [0.1, 0.15) is 5.75 Å². The molecule has 2 aromatic carbocycles. The van der Waals surface area contributed by atoms with Gasteiger partial charge in [-0.1, -0.05) is 6.07 Å². The number of rotatable bonds is 7. The van der Waals surface area contributed by atoms with E-state index in [4.69, 9.17) is 9.47 Å². The first kappa shape index (κ1) is 19.2. The first-order valence-corrected chi connectivity index (χ1v) is 8.01. The Kier molecular flexibility index (Phi) is 6.54. The van der Waals surface area contributed by atoms with Gasteiger partial charge in [-0.05, 0) is 42.3 Å². The Morgan fingerprint density at radius 3 is 2.31 bits per heavy atom. The largest absolute Gasteiger partial charge is 0.495 e. The summed E-state index contributed by atoms with van der Waals surface area (Å²) in [6.45, 7) is 1.39. The second kappa shape index (κ2) is 8.84. The molecule has 26 heavy (non-hydrogen) atoms. The van der Waals surface area contributed by atoms with Crippen LogP contribution in [-0.2, 0) is 16.0 Å². The van der Waals surface area contributed by atoms with E-state index in [9.17, 15) is 14.0 Å². The van der Waals surface area contributed by atoms with E-state index in [1.54, 1.807) is 24.3 Å². The number of aryl methyl sites for hydroxylation is 1. The summed E-state index contributed by atoms with van der Waals surface area (Å²) in [5.41, 5.74) is 1.70. The Bertz CT molecular complexity index is 808. The summed E-state index contributed by atoms with van der Waals surface area (Å²) in [6.07, 6.45) is 0.578. The van der Waals surface area contributed by atoms with E-state index in [0.717, 1.165) is 0 Å². The first-order valence-electron chi connectivity index (χ1n) is 8.01. The maximum atomic E-state index is 13.7. The van der Waals surface area contributed by atoms with Crippen LogP contribution in [0, 0.1) is 5.82 Å². The van der Waals surface area contributed by atoms with Gasteiger partial charge in [0.05, 0.1) is 19.9 Å². The lowest BCUT2D eigenvalue weighted by molar-refractivity contribution is -0.116. The fraction of sp³-hybridized carbons (Fsp3) is 0.263. The van der Waals surface area contributed by atoms with E-state index in [2.05, 4.69) is 10.6 Å². The Labute approximate surface area is 151 Å². The second-order valence-corrected chi connectivity index (χ2v) is 5.61. The van der Waals surface area contributed by atoms with Crippen LogP contribution in [-0.4, -0.2) is 26.0 Å². The molecule has 0 heterocycles. The number of amides is 2. The van der Waals surface area contributed by atoms with Gasteiger partial charge in [-0.15, -0.1) is 0 Å². The van der Waals surface area contributed by atoms with Gasteiger partial charge < -0.3 is 20.1 Å².